The van der Waals surface area contributed by atoms with E-state index < -0.39 is 4.92 Å². The predicted molar refractivity (Wildman–Crippen MR) is 81.6 cm³/mol. The third-order valence-electron chi connectivity index (χ3n) is 2.81. The number of benzene rings is 2. The van der Waals surface area contributed by atoms with E-state index in [9.17, 15) is 10.1 Å². The van der Waals surface area contributed by atoms with Gasteiger partial charge in [0, 0.05) is 11.5 Å². The maximum atomic E-state index is 11.2. The number of hydrogen-bond donors (Lipinski definition) is 1. The number of anilines is 1. The van der Waals surface area contributed by atoms with E-state index in [2.05, 4.69) is 21.2 Å². The average Bonchev–Trinajstić information content (AvgIpc) is 2.41. The van der Waals surface area contributed by atoms with Gasteiger partial charge in [0.25, 0.3) is 0 Å². The minimum atomic E-state index is -0.449. The zero-order valence-electron chi connectivity index (χ0n) is 11.0. The van der Waals surface area contributed by atoms with Crippen LogP contribution in [0.3, 0.4) is 0 Å². The van der Waals surface area contributed by atoms with Crippen molar-refractivity contribution in [2.75, 3.05) is 12.4 Å². The van der Waals surface area contributed by atoms with Crippen LogP contribution in [0.15, 0.2) is 40.9 Å². The first-order chi connectivity index (χ1) is 9.52. The number of para-hydroxylation sites is 1. The number of halogens is 1. The Hall–Kier alpha value is -2.08. The van der Waals surface area contributed by atoms with Gasteiger partial charge in [0.05, 0.1) is 4.92 Å². The lowest BCUT2D eigenvalue weighted by molar-refractivity contribution is -0.384. The lowest BCUT2D eigenvalue weighted by Crippen LogP contribution is -1.99. The molecule has 104 valence electrons. The summed E-state index contributed by atoms with van der Waals surface area (Å²) < 4.78 is 6.63. The number of nitrogens with zero attached hydrogens (tertiary/aromatic N) is 1. The zero-order valence-corrected chi connectivity index (χ0v) is 12.6. The second kappa shape index (κ2) is 5.92. The quantitative estimate of drug-likeness (QED) is 0.659. The summed E-state index contributed by atoms with van der Waals surface area (Å²) in [6, 6.07) is 10.4. The highest BCUT2D eigenvalue weighted by Crippen LogP contribution is 2.38. The molecule has 2 rings (SSSR count). The summed E-state index contributed by atoms with van der Waals surface area (Å²) in [5.74, 6) is 0.803. The van der Waals surface area contributed by atoms with E-state index in [0.29, 0.717) is 11.4 Å². The van der Waals surface area contributed by atoms with Gasteiger partial charge in [-0.3, -0.25) is 10.1 Å². The van der Waals surface area contributed by atoms with Crippen LogP contribution in [-0.4, -0.2) is 12.0 Å². The second-order valence-electron chi connectivity index (χ2n) is 4.17. The minimum Gasteiger partial charge on any atom is -0.450 e. The monoisotopic (exact) mass is 336 g/mol. The van der Waals surface area contributed by atoms with Gasteiger partial charge in [-0.25, -0.2) is 0 Å². The molecular weight excluding hydrogens is 324 g/mol. The Morgan fingerprint density at radius 3 is 2.60 bits per heavy atom. The minimum absolute atomic E-state index is 0.0719. The molecule has 0 spiro atoms. The van der Waals surface area contributed by atoms with E-state index in [1.165, 1.54) is 0 Å². The molecule has 0 bridgehead atoms. The van der Waals surface area contributed by atoms with Gasteiger partial charge in [-0.05, 0) is 42.8 Å². The SMILES string of the molecule is CNc1cccc(Oc2ccc(Br)cc2C)c1[N+](=O)[O-]. The van der Waals surface area contributed by atoms with Crippen LogP contribution in [0.1, 0.15) is 5.56 Å². The topological polar surface area (TPSA) is 64.4 Å². The van der Waals surface area contributed by atoms with Gasteiger partial charge in [-0.15, -0.1) is 0 Å². The molecule has 0 amide bonds. The lowest BCUT2D eigenvalue weighted by atomic mass is 10.2. The van der Waals surface area contributed by atoms with Gasteiger partial charge in [-0.2, -0.15) is 0 Å². The highest BCUT2D eigenvalue weighted by atomic mass is 79.9. The average molecular weight is 337 g/mol. The maximum absolute atomic E-state index is 11.2. The third kappa shape index (κ3) is 2.91. The van der Waals surface area contributed by atoms with Crippen molar-refractivity contribution in [1.82, 2.24) is 0 Å². The van der Waals surface area contributed by atoms with Crippen LogP contribution in [0.25, 0.3) is 0 Å². The summed E-state index contributed by atoms with van der Waals surface area (Å²) in [4.78, 5) is 10.8. The Kier molecular flexibility index (Phi) is 4.24. The molecule has 1 N–H and O–H groups in total. The van der Waals surface area contributed by atoms with Crippen molar-refractivity contribution < 1.29 is 9.66 Å². The molecule has 0 aromatic heterocycles. The van der Waals surface area contributed by atoms with Gasteiger partial charge in [0.2, 0.25) is 5.75 Å². The summed E-state index contributed by atoms with van der Waals surface area (Å²) in [5, 5.41) is 14.0. The number of ether oxygens (including phenoxy) is 1. The van der Waals surface area contributed by atoms with Gasteiger partial charge in [-0.1, -0.05) is 22.0 Å². The standard InChI is InChI=1S/C14H13BrN2O3/c1-9-8-10(15)6-7-12(9)20-13-5-3-4-11(16-2)14(13)17(18)19/h3-8,16H,1-2H3. The third-order valence-corrected chi connectivity index (χ3v) is 3.30. The fraction of sp³-hybridized carbons (Fsp3) is 0.143. The highest BCUT2D eigenvalue weighted by molar-refractivity contribution is 9.10. The summed E-state index contributed by atoms with van der Waals surface area (Å²) in [5.41, 5.74) is 1.24. The van der Waals surface area contributed by atoms with Crippen molar-refractivity contribution >= 4 is 27.3 Å². The molecule has 2 aromatic rings. The Labute approximate surface area is 124 Å². The van der Waals surface area contributed by atoms with E-state index in [-0.39, 0.29) is 11.4 Å². The first-order valence-corrected chi connectivity index (χ1v) is 6.71. The molecule has 0 unspecified atom stereocenters. The van der Waals surface area contributed by atoms with Crippen LogP contribution in [0.5, 0.6) is 11.5 Å². The van der Waals surface area contributed by atoms with Crippen molar-refractivity contribution in [3.8, 4) is 11.5 Å². The van der Waals surface area contributed by atoms with Crippen LogP contribution in [-0.2, 0) is 0 Å². The fourth-order valence-electron chi connectivity index (χ4n) is 1.84. The van der Waals surface area contributed by atoms with E-state index in [1.54, 1.807) is 31.3 Å². The van der Waals surface area contributed by atoms with Crippen molar-refractivity contribution in [3.05, 3.63) is 56.5 Å². The molecule has 0 atom stereocenters. The van der Waals surface area contributed by atoms with E-state index in [4.69, 9.17) is 4.74 Å². The number of aryl methyl sites for hydroxylation is 1. The Morgan fingerprint density at radius 1 is 1.25 bits per heavy atom. The second-order valence-corrected chi connectivity index (χ2v) is 5.09. The number of hydrogen-bond acceptors (Lipinski definition) is 4. The highest BCUT2D eigenvalue weighted by Gasteiger charge is 2.21. The van der Waals surface area contributed by atoms with Crippen LogP contribution in [0, 0.1) is 17.0 Å². The van der Waals surface area contributed by atoms with Crippen LogP contribution >= 0.6 is 15.9 Å². The molecule has 0 fully saturated rings. The zero-order chi connectivity index (χ0) is 14.7. The summed E-state index contributed by atoms with van der Waals surface area (Å²) in [6.07, 6.45) is 0. The maximum Gasteiger partial charge on any atom is 0.334 e. The first-order valence-electron chi connectivity index (χ1n) is 5.92. The molecular formula is C14H13BrN2O3. The molecule has 0 saturated carbocycles. The van der Waals surface area contributed by atoms with Crippen LogP contribution in [0.4, 0.5) is 11.4 Å². The number of nitrogens with one attached hydrogen (secondary N) is 1. The molecule has 20 heavy (non-hydrogen) atoms. The van der Waals surface area contributed by atoms with E-state index in [1.807, 2.05) is 19.1 Å². The number of nitro groups is 1. The summed E-state index contributed by atoms with van der Waals surface area (Å²) in [7, 11) is 1.64. The van der Waals surface area contributed by atoms with Gasteiger partial charge < -0.3 is 10.1 Å². The molecule has 0 aliphatic heterocycles. The van der Waals surface area contributed by atoms with Gasteiger partial charge in [0.1, 0.15) is 11.4 Å². The largest absolute Gasteiger partial charge is 0.450 e. The molecule has 0 aliphatic carbocycles. The van der Waals surface area contributed by atoms with Crippen molar-refractivity contribution in [2.24, 2.45) is 0 Å². The smallest absolute Gasteiger partial charge is 0.334 e. The van der Waals surface area contributed by atoms with Crippen molar-refractivity contribution in [1.29, 1.82) is 0 Å². The molecule has 0 radical (unpaired) electrons. The van der Waals surface area contributed by atoms with Gasteiger partial charge in [0.15, 0.2) is 0 Å². The number of rotatable bonds is 4. The summed E-state index contributed by atoms with van der Waals surface area (Å²) in [6.45, 7) is 1.88. The summed E-state index contributed by atoms with van der Waals surface area (Å²) >= 11 is 3.37. The molecule has 0 heterocycles. The van der Waals surface area contributed by atoms with Gasteiger partial charge >= 0.3 is 5.69 Å². The first kappa shape index (κ1) is 14.3. The fourth-order valence-corrected chi connectivity index (χ4v) is 2.32. The molecule has 2 aromatic carbocycles. The van der Waals surface area contributed by atoms with Crippen LogP contribution < -0.4 is 10.1 Å². The Bertz CT molecular complexity index is 659. The predicted octanol–water partition coefficient (Wildman–Crippen LogP) is 4.50. The van der Waals surface area contributed by atoms with Crippen molar-refractivity contribution in [3.63, 3.8) is 0 Å². The van der Waals surface area contributed by atoms with Crippen LogP contribution in [0.2, 0.25) is 0 Å². The normalized spacial score (nSPS) is 10.2. The van der Waals surface area contributed by atoms with E-state index in [0.717, 1.165) is 10.0 Å². The lowest BCUT2D eigenvalue weighted by Gasteiger charge is -2.11. The number of nitro benzene ring substituents is 1. The Morgan fingerprint density at radius 2 is 2.00 bits per heavy atom. The molecule has 5 nitrogen and oxygen atoms in total. The Balaban J connectivity index is 2.45. The molecule has 0 saturated heterocycles. The van der Waals surface area contributed by atoms with Crippen molar-refractivity contribution in [2.45, 2.75) is 6.92 Å². The molecule has 0 aliphatic rings. The van der Waals surface area contributed by atoms with E-state index >= 15 is 0 Å². The molecule has 6 heteroatoms.